The molecule has 6 heteroatoms. The number of aromatic nitrogens is 2. The number of aliphatic hydroxyl groups excluding tert-OH is 1. The number of hydrogen-bond acceptors (Lipinski definition) is 3. The summed E-state index contributed by atoms with van der Waals surface area (Å²) in [6.45, 7) is 4.44. The Kier molecular flexibility index (Phi) is 4.98. The third kappa shape index (κ3) is 3.43. The summed E-state index contributed by atoms with van der Waals surface area (Å²) in [4.78, 5) is 21.5. The van der Waals surface area contributed by atoms with Crippen molar-refractivity contribution in [1.29, 1.82) is 0 Å². The van der Waals surface area contributed by atoms with Gasteiger partial charge in [0, 0.05) is 29.4 Å². The lowest BCUT2D eigenvalue weighted by Crippen LogP contribution is -2.33. The lowest BCUT2D eigenvalue weighted by molar-refractivity contribution is 0.0726. The van der Waals surface area contributed by atoms with Crippen LogP contribution >= 0.6 is 11.6 Å². The van der Waals surface area contributed by atoms with Gasteiger partial charge in [-0.1, -0.05) is 23.7 Å². The van der Waals surface area contributed by atoms with Gasteiger partial charge >= 0.3 is 0 Å². The summed E-state index contributed by atoms with van der Waals surface area (Å²) in [5, 5.41) is 9.63. The second kappa shape index (κ2) is 6.74. The van der Waals surface area contributed by atoms with E-state index in [0.29, 0.717) is 35.3 Å². The average molecular weight is 308 g/mol. The van der Waals surface area contributed by atoms with Crippen LogP contribution in [0.2, 0.25) is 5.02 Å². The van der Waals surface area contributed by atoms with Crippen molar-refractivity contribution in [2.45, 2.75) is 13.8 Å². The molecule has 112 valence electrons. The number of imidazole rings is 1. The second-order valence-electron chi connectivity index (χ2n) is 4.68. The first-order valence-corrected chi connectivity index (χ1v) is 7.17. The van der Waals surface area contributed by atoms with Gasteiger partial charge in [0.15, 0.2) is 0 Å². The Balaban J connectivity index is 2.33. The van der Waals surface area contributed by atoms with Crippen LogP contribution in [0.5, 0.6) is 0 Å². The number of H-pyrrole nitrogens is 1. The van der Waals surface area contributed by atoms with E-state index in [4.69, 9.17) is 16.7 Å². The van der Waals surface area contributed by atoms with Gasteiger partial charge in [-0.2, -0.15) is 0 Å². The zero-order valence-corrected chi connectivity index (χ0v) is 12.8. The molecule has 0 unspecified atom stereocenters. The van der Waals surface area contributed by atoms with E-state index in [0.717, 1.165) is 5.56 Å². The third-order valence-corrected chi connectivity index (χ3v) is 3.46. The van der Waals surface area contributed by atoms with Crippen molar-refractivity contribution in [2.24, 2.45) is 0 Å². The van der Waals surface area contributed by atoms with Crippen molar-refractivity contribution in [3.8, 4) is 11.4 Å². The van der Waals surface area contributed by atoms with E-state index in [1.807, 2.05) is 19.1 Å². The molecule has 0 bridgehead atoms. The van der Waals surface area contributed by atoms with E-state index in [2.05, 4.69) is 9.97 Å². The number of amides is 1. The molecule has 0 atom stereocenters. The SMILES string of the molecule is CCN(CCO)C(=O)c1nc(-c2cccc(Cl)c2)[nH]c1C. The Morgan fingerprint density at radius 2 is 2.24 bits per heavy atom. The minimum atomic E-state index is -0.187. The normalized spacial score (nSPS) is 10.7. The second-order valence-corrected chi connectivity index (χ2v) is 5.11. The van der Waals surface area contributed by atoms with Crippen molar-refractivity contribution in [3.05, 3.63) is 40.7 Å². The molecule has 0 aliphatic carbocycles. The maximum absolute atomic E-state index is 12.4. The lowest BCUT2D eigenvalue weighted by atomic mass is 10.2. The van der Waals surface area contributed by atoms with Crippen LogP contribution in [0, 0.1) is 6.92 Å². The molecule has 5 nitrogen and oxygen atoms in total. The Labute approximate surface area is 128 Å². The van der Waals surface area contributed by atoms with E-state index in [-0.39, 0.29) is 12.5 Å². The fourth-order valence-electron chi connectivity index (χ4n) is 2.11. The summed E-state index contributed by atoms with van der Waals surface area (Å²) < 4.78 is 0. The van der Waals surface area contributed by atoms with Gasteiger partial charge in [0.1, 0.15) is 11.5 Å². The molecule has 2 aromatic rings. The van der Waals surface area contributed by atoms with E-state index in [1.165, 1.54) is 0 Å². The number of halogens is 1. The fraction of sp³-hybridized carbons (Fsp3) is 0.333. The quantitative estimate of drug-likeness (QED) is 0.891. The molecule has 0 aliphatic heterocycles. The van der Waals surface area contributed by atoms with Gasteiger partial charge in [-0.05, 0) is 26.0 Å². The highest BCUT2D eigenvalue weighted by atomic mass is 35.5. The average Bonchev–Trinajstić information content (AvgIpc) is 2.86. The fourth-order valence-corrected chi connectivity index (χ4v) is 2.31. The summed E-state index contributed by atoms with van der Waals surface area (Å²) in [6, 6.07) is 7.29. The molecule has 0 fully saturated rings. The number of carbonyl (C=O) groups excluding carboxylic acids is 1. The van der Waals surface area contributed by atoms with Gasteiger partial charge in [0.2, 0.25) is 0 Å². The molecule has 1 aromatic heterocycles. The Morgan fingerprint density at radius 1 is 1.48 bits per heavy atom. The first-order chi connectivity index (χ1) is 10.1. The largest absolute Gasteiger partial charge is 0.395 e. The van der Waals surface area contributed by atoms with Crippen LogP contribution in [-0.4, -0.2) is 45.6 Å². The van der Waals surface area contributed by atoms with Gasteiger partial charge in [0.25, 0.3) is 5.91 Å². The maximum Gasteiger partial charge on any atom is 0.274 e. The first-order valence-electron chi connectivity index (χ1n) is 6.79. The Morgan fingerprint density at radius 3 is 2.86 bits per heavy atom. The molecule has 1 heterocycles. The van der Waals surface area contributed by atoms with Crippen LogP contribution in [0.3, 0.4) is 0 Å². The number of benzene rings is 1. The van der Waals surface area contributed by atoms with Gasteiger partial charge in [-0.15, -0.1) is 0 Å². The standard InChI is InChI=1S/C15H18ClN3O2/c1-3-19(7-8-20)15(21)13-10(2)17-14(18-13)11-5-4-6-12(16)9-11/h4-6,9,20H,3,7-8H2,1-2H3,(H,17,18). The van der Waals surface area contributed by atoms with E-state index in [9.17, 15) is 4.79 Å². The van der Waals surface area contributed by atoms with Crippen LogP contribution in [0.4, 0.5) is 0 Å². The van der Waals surface area contributed by atoms with E-state index in [1.54, 1.807) is 24.0 Å². The number of aromatic amines is 1. The molecule has 1 aromatic carbocycles. The minimum absolute atomic E-state index is 0.0653. The maximum atomic E-state index is 12.4. The van der Waals surface area contributed by atoms with Gasteiger partial charge in [-0.3, -0.25) is 4.79 Å². The number of likely N-dealkylation sites (N-methyl/N-ethyl adjacent to an activating group) is 1. The molecular weight excluding hydrogens is 290 g/mol. The predicted molar refractivity (Wildman–Crippen MR) is 82.4 cm³/mol. The summed E-state index contributed by atoms with van der Waals surface area (Å²) in [5.74, 6) is 0.423. The molecule has 0 spiro atoms. The number of nitrogens with one attached hydrogen (secondary N) is 1. The predicted octanol–water partition coefficient (Wildman–Crippen LogP) is 2.49. The number of carbonyl (C=O) groups is 1. The first kappa shape index (κ1) is 15.5. The number of hydrogen-bond donors (Lipinski definition) is 2. The summed E-state index contributed by atoms with van der Waals surface area (Å²) in [7, 11) is 0. The zero-order chi connectivity index (χ0) is 15.4. The highest BCUT2D eigenvalue weighted by Crippen LogP contribution is 2.22. The monoisotopic (exact) mass is 307 g/mol. The molecule has 2 rings (SSSR count). The van der Waals surface area contributed by atoms with Crippen LogP contribution in [0.1, 0.15) is 23.1 Å². The highest BCUT2D eigenvalue weighted by molar-refractivity contribution is 6.30. The van der Waals surface area contributed by atoms with E-state index >= 15 is 0 Å². The van der Waals surface area contributed by atoms with Crippen molar-refractivity contribution in [2.75, 3.05) is 19.7 Å². The summed E-state index contributed by atoms with van der Waals surface area (Å²) in [5.41, 5.74) is 1.90. The van der Waals surface area contributed by atoms with Gasteiger partial charge in [0.05, 0.1) is 6.61 Å². The summed E-state index contributed by atoms with van der Waals surface area (Å²) in [6.07, 6.45) is 0. The highest BCUT2D eigenvalue weighted by Gasteiger charge is 2.20. The zero-order valence-electron chi connectivity index (χ0n) is 12.1. The third-order valence-electron chi connectivity index (χ3n) is 3.22. The van der Waals surface area contributed by atoms with Gasteiger partial charge in [-0.25, -0.2) is 4.98 Å². The molecule has 1 amide bonds. The molecule has 0 saturated carbocycles. The minimum Gasteiger partial charge on any atom is -0.395 e. The number of nitrogens with zero attached hydrogens (tertiary/aromatic N) is 2. The number of aryl methyl sites for hydroxylation is 1. The van der Waals surface area contributed by atoms with Crippen molar-refractivity contribution < 1.29 is 9.90 Å². The molecular formula is C15H18ClN3O2. The lowest BCUT2D eigenvalue weighted by Gasteiger charge is -2.18. The van der Waals surface area contributed by atoms with Crippen LogP contribution in [-0.2, 0) is 0 Å². The Hall–Kier alpha value is -1.85. The smallest absolute Gasteiger partial charge is 0.274 e. The van der Waals surface area contributed by atoms with Crippen molar-refractivity contribution >= 4 is 17.5 Å². The molecule has 2 N–H and O–H groups in total. The molecule has 0 radical (unpaired) electrons. The molecule has 21 heavy (non-hydrogen) atoms. The number of rotatable bonds is 5. The van der Waals surface area contributed by atoms with Crippen molar-refractivity contribution in [3.63, 3.8) is 0 Å². The topological polar surface area (TPSA) is 69.2 Å². The van der Waals surface area contributed by atoms with Crippen LogP contribution < -0.4 is 0 Å². The molecule has 0 saturated heterocycles. The van der Waals surface area contributed by atoms with Crippen molar-refractivity contribution in [1.82, 2.24) is 14.9 Å². The van der Waals surface area contributed by atoms with Gasteiger partial charge < -0.3 is 15.0 Å². The number of aliphatic hydroxyl groups is 1. The molecule has 0 aliphatic rings. The van der Waals surface area contributed by atoms with E-state index < -0.39 is 0 Å². The Bertz CT molecular complexity index is 640. The summed E-state index contributed by atoms with van der Waals surface area (Å²) >= 11 is 5.97. The van der Waals surface area contributed by atoms with Crippen LogP contribution in [0.25, 0.3) is 11.4 Å². The van der Waals surface area contributed by atoms with Crippen LogP contribution in [0.15, 0.2) is 24.3 Å².